The minimum absolute atomic E-state index is 0.187. The molecule has 4 rings (SSSR count). The van der Waals surface area contributed by atoms with Gasteiger partial charge in [-0.25, -0.2) is 19.9 Å². The van der Waals surface area contributed by atoms with Crippen LogP contribution in [0.1, 0.15) is 10.7 Å². The third-order valence-electron chi connectivity index (χ3n) is 3.55. The molecule has 140 valence electrons. The molecule has 0 fully saturated rings. The Kier molecular flexibility index (Phi) is 5.25. The predicted octanol–water partition coefficient (Wildman–Crippen LogP) is 3.34. The minimum atomic E-state index is -1.05. The Hall–Kier alpha value is -2.56. The van der Waals surface area contributed by atoms with Gasteiger partial charge in [0.05, 0.1) is 5.01 Å². The van der Waals surface area contributed by atoms with E-state index < -0.39 is 12.0 Å². The van der Waals surface area contributed by atoms with Crippen molar-refractivity contribution in [2.45, 2.75) is 12.5 Å². The topological polar surface area (TPSA) is 139 Å². The molecule has 8 nitrogen and oxygen atoms in total. The van der Waals surface area contributed by atoms with E-state index in [1.165, 1.54) is 45.3 Å². The molecule has 0 bridgehead atoms. The highest BCUT2D eigenvalue weighted by molar-refractivity contribution is 7.16. The molecule has 3 N–H and O–H groups in total. The number of carboxylic acid groups (broad SMARTS) is 1. The maximum Gasteiger partial charge on any atom is 0.320 e. The summed E-state index contributed by atoms with van der Waals surface area (Å²) < 4.78 is 0. The number of nitrogens with two attached hydrogens (primary N) is 1. The molecule has 0 aliphatic heterocycles. The van der Waals surface area contributed by atoms with E-state index in [1.54, 1.807) is 5.38 Å². The molecule has 4 heterocycles. The van der Waals surface area contributed by atoms with E-state index in [-0.39, 0.29) is 6.42 Å². The van der Waals surface area contributed by atoms with Crippen molar-refractivity contribution in [3.05, 3.63) is 32.2 Å². The lowest BCUT2D eigenvalue weighted by molar-refractivity contribution is -0.138. The third kappa shape index (κ3) is 3.84. The van der Waals surface area contributed by atoms with Crippen LogP contribution in [0.15, 0.2) is 21.5 Å². The van der Waals surface area contributed by atoms with E-state index in [2.05, 4.69) is 19.9 Å². The first kappa shape index (κ1) is 18.8. The van der Waals surface area contributed by atoms with Crippen LogP contribution in [-0.2, 0) is 11.2 Å². The first-order valence-corrected chi connectivity index (χ1v) is 11.3. The Balaban J connectivity index is 1.53. The second-order valence-corrected chi connectivity index (χ2v) is 9.02. The monoisotopic (exact) mass is 446 g/mol. The molecule has 0 saturated carbocycles. The van der Waals surface area contributed by atoms with E-state index in [4.69, 9.17) is 16.1 Å². The molecular weight excluding hydrogens is 436 g/mol. The average molecular weight is 447 g/mol. The van der Waals surface area contributed by atoms with E-state index >= 15 is 0 Å². The predicted molar refractivity (Wildman–Crippen MR) is 109 cm³/mol. The van der Waals surface area contributed by atoms with Gasteiger partial charge in [-0.3, -0.25) is 4.79 Å². The number of carbonyl (C=O) groups is 1. The second kappa shape index (κ2) is 7.82. The summed E-state index contributed by atoms with van der Waals surface area (Å²) in [7, 11) is 0. The summed E-state index contributed by atoms with van der Waals surface area (Å²) in [6.07, 6.45) is 0.187. The quantitative estimate of drug-likeness (QED) is 0.460. The molecule has 0 unspecified atom stereocenters. The molecule has 0 saturated heterocycles. The SMILES string of the molecule is N#Cc1csc(-c2csc(-c3csc(-c4csc(C[C@H](N)C(=O)O)n4)n3)n2)n1. The fourth-order valence-electron chi connectivity index (χ4n) is 2.20. The van der Waals surface area contributed by atoms with Gasteiger partial charge in [0.2, 0.25) is 0 Å². The van der Waals surface area contributed by atoms with Gasteiger partial charge in [0, 0.05) is 27.9 Å². The van der Waals surface area contributed by atoms with Crippen LogP contribution in [0.2, 0.25) is 0 Å². The van der Waals surface area contributed by atoms with E-state index in [0.717, 1.165) is 21.4 Å². The fourth-order valence-corrected chi connectivity index (χ4v) is 5.50. The van der Waals surface area contributed by atoms with Gasteiger partial charge in [0.15, 0.2) is 5.69 Å². The lowest BCUT2D eigenvalue weighted by Gasteiger charge is -2.01. The molecule has 0 aliphatic carbocycles. The van der Waals surface area contributed by atoms with Gasteiger partial charge >= 0.3 is 5.97 Å². The molecule has 1 atom stereocenters. The van der Waals surface area contributed by atoms with Crippen LogP contribution in [0.25, 0.3) is 32.1 Å². The van der Waals surface area contributed by atoms with Crippen LogP contribution in [0.3, 0.4) is 0 Å². The molecule has 0 radical (unpaired) electrons. The number of carboxylic acids is 1. The van der Waals surface area contributed by atoms with E-state index in [1.807, 2.05) is 22.2 Å². The zero-order valence-electron chi connectivity index (χ0n) is 13.9. The molecule has 12 heteroatoms. The van der Waals surface area contributed by atoms with Crippen LogP contribution >= 0.6 is 45.3 Å². The molecule has 0 spiro atoms. The van der Waals surface area contributed by atoms with Crippen LogP contribution < -0.4 is 5.73 Å². The van der Waals surface area contributed by atoms with Gasteiger partial charge < -0.3 is 10.8 Å². The summed E-state index contributed by atoms with van der Waals surface area (Å²) in [5.41, 5.74) is 8.11. The van der Waals surface area contributed by atoms with Crippen molar-refractivity contribution < 1.29 is 9.90 Å². The number of thiazole rings is 4. The van der Waals surface area contributed by atoms with Crippen molar-refractivity contribution in [2.24, 2.45) is 5.73 Å². The number of aliphatic carboxylic acids is 1. The van der Waals surface area contributed by atoms with E-state index in [9.17, 15) is 4.79 Å². The molecule has 4 aromatic heterocycles. The number of hydrogen-bond acceptors (Lipinski definition) is 11. The number of nitrogens with zero attached hydrogens (tertiary/aromatic N) is 5. The lowest BCUT2D eigenvalue weighted by Crippen LogP contribution is -2.32. The Labute approximate surface area is 174 Å². The summed E-state index contributed by atoms with van der Waals surface area (Å²) in [6.45, 7) is 0. The summed E-state index contributed by atoms with van der Waals surface area (Å²) in [4.78, 5) is 28.7. The number of aromatic nitrogens is 4. The standard InChI is InChI=1S/C16H10N6O2S4/c17-2-7-3-26-13(19-7)10-5-28-15(21-10)11-6-27-14(22-11)9-4-25-12(20-9)1-8(18)16(23)24/h3-6,8H,1,18H2,(H,23,24)/t8-/m0/s1. The zero-order valence-corrected chi connectivity index (χ0v) is 17.2. The molecular formula is C16H10N6O2S4. The van der Waals surface area contributed by atoms with Crippen molar-refractivity contribution in [2.75, 3.05) is 0 Å². The zero-order chi connectivity index (χ0) is 19.7. The third-order valence-corrected chi connectivity index (χ3v) is 7.01. The Bertz CT molecular complexity index is 1180. The van der Waals surface area contributed by atoms with Crippen molar-refractivity contribution >= 4 is 51.3 Å². The van der Waals surface area contributed by atoms with Crippen LogP contribution in [0, 0.1) is 11.3 Å². The molecule has 0 aromatic carbocycles. The van der Waals surface area contributed by atoms with Crippen molar-refractivity contribution in [3.63, 3.8) is 0 Å². The highest BCUT2D eigenvalue weighted by Gasteiger charge is 2.17. The lowest BCUT2D eigenvalue weighted by atomic mass is 10.2. The first-order chi connectivity index (χ1) is 13.5. The fraction of sp³-hybridized carbons (Fsp3) is 0.125. The summed E-state index contributed by atoms with van der Waals surface area (Å²) in [5.74, 6) is -1.05. The average Bonchev–Trinajstić information content (AvgIpc) is 3.46. The van der Waals surface area contributed by atoms with Gasteiger partial charge in [0.1, 0.15) is 44.2 Å². The molecule has 0 aliphatic rings. The van der Waals surface area contributed by atoms with E-state index in [0.29, 0.717) is 21.4 Å². The maximum atomic E-state index is 10.9. The normalized spacial score (nSPS) is 12.0. The van der Waals surface area contributed by atoms with Crippen molar-refractivity contribution in [3.8, 4) is 38.2 Å². The largest absolute Gasteiger partial charge is 0.480 e. The summed E-state index contributed by atoms with van der Waals surface area (Å²) >= 11 is 5.65. The first-order valence-electron chi connectivity index (χ1n) is 7.74. The van der Waals surface area contributed by atoms with Crippen molar-refractivity contribution in [1.29, 1.82) is 5.26 Å². The number of hydrogen-bond donors (Lipinski definition) is 2. The van der Waals surface area contributed by atoms with Crippen LogP contribution in [-0.4, -0.2) is 37.1 Å². The molecule has 4 aromatic rings. The summed E-state index contributed by atoms with van der Waals surface area (Å²) in [6, 6.07) is 1.05. The number of rotatable bonds is 6. The number of nitriles is 1. The highest BCUT2D eigenvalue weighted by Crippen LogP contribution is 2.34. The van der Waals surface area contributed by atoms with Gasteiger partial charge in [-0.05, 0) is 0 Å². The Morgan fingerprint density at radius 2 is 1.50 bits per heavy atom. The smallest absolute Gasteiger partial charge is 0.320 e. The van der Waals surface area contributed by atoms with Crippen molar-refractivity contribution in [1.82, 2.24) is 19.9 Å². The van der Waals surface area contributed by atoms with Gasteiger partial charge in [-0.15, -0.1) is 45.3 Å². The molecule has 28 heavy (non-hydrogen) atoms. The second-order valence-electron chi connectivity index (χ2n) is 5.50. The van der Waals surface area contributed by atoms with Crippen LogP contribution in [0.4, 0.5) is 0 Å². The summed E-state index contributed by atoms with van der Waals surface area (Å²) in [5, 5.41) is 28.0. The van der Waals surface area contributed by atoms with Crippen LogP contribution in [0.5, 0.6) is 0 Å². The van der Waals surface area contributed by atoms with Gasteiger partial charge in [-0.2, -0.15) is 5.26 Å². The minimum Gasteiger partial charge on any atom is -0.480 e. The van der Waals surface area contributed by atoms with Gasteiger partial charge in [0.25, 0.3) is 0 Å². The molecule has 0 amide bonds. The maximum absolute atomic E-state index is 10.9. The Morgan fingerprint density at radius 1 is 0.964 bits per heavy atom. The Morgan fingerprint density at radius 3 is 2.07 bits per heavy atom. The highest BCUT2D eigenvalue weighted by atomic mass is 32.1. The van der Waals surface area contributed by atoms with Gasteiger partial charge in [-0.1, -0.05) is 0 Å².